The molecule has 3 heterocycles. The number of nitrogens with one attached hydrogen (secondary N) is 2. The lowest BCUT2D eigenvalue weighted by molar-refractivity contribution is -0.143. The van der Waals surface area contributed by atoms with Crippen molar-refractivity contribution in [3.63, 3.8) is 0 Å². The zero-order valence-corrected chi connectivity index (χ0v) is 15.9. The molecule has 144 valence electrons. The average molecular weight is 392 g/mol. The van der Waals surface area contributed by atoms with Crippen LogP contribution >= 0.6 is 11.6 Å². The lowest BCUT2D eigenvalue weighted by Crippen LogP contribution is -2.54. The molecule has 0 unspecified atom stereocenters. The minimum absolute atomic E-state index is 0.322. The van der Waals surface area contributed by atoms with Gasteiger partial charge in [0.15, 0.2) is 0 Å². The first kappa shape index (κ1) is 18.4. The Labute approximate surface area is 162 Å². The van der Waals surface area contributed by atoms with Gasteiger partial charge in [-0.3, -0.25) is 24.6 Å². The van der Waals surface area contributed by atoms with E-state index < -0.39 is 35.4 Å². The highest BCUT2D eigenvalue weighted by Gasteiger charge is 2.71. The highest BCUT2D eigenvalue weighted by molar-refractivity contribution is 6.35. The number of carbonyl (C=O) groups is 3. The summed E-state index contributed by atoms with van der Waals surface area (Å²) >= 11 is 6.25. The van der Waals surface area contributed by atoms with Crippen molar-refractivity contribution in [3.05, 3.63) is 28.8 Å². The molecule has 1 aromatic rings. The first-order chi connectivity index (χ1) is 12.8. The summed E-state index contributed by atoms with van der Waals surface area (Å²) in [5.74, 6) is -2.79. The molecular formula is C19H22ClN3O4. The van der Waals surface area contributed by atoms with Crippen molar-refractivity contribution in [2.24, 2.45) is 11.8 Å². The first-order valence-electron chi connectivity index (χ1n) is 9.26. The Morgan fingerprint density at radius 3 is 2.70 bits per heavy atom. The molecule has 8 heteroatoms. The van der Waals surface area contributed by atoms with Gasteiger partial charge in [0.25, 0.3) is 0 Å². The molecule has 0 saturated carbocycles. The molecular weight excluding hydrogens is 370 g/mol. The van der Waals surface area contributed by atoms with Gasteiger partial charge in [-0.05, 0) is 19.4 Å². The third-order valence-electron chi connectivity index (χ3n) is 5.98. The van der Waals surface area contributed by atoms with Gasteiger partial charge in [-0.1, -0.05) is 37.1 Å². The van der Waals surface area contributed by atoms with Crippen LogP contribution < -0.4 is 10.6 Å². The summed E-state index contributed by atoms with van der Waals surface area (Å²) < 4.78 is 0. The fourth-order valence-corrected chi connectivity index (χ4v) is 4.96. The van der Waals surface area contributed by atoms with Crippen LogP contribution in [0.1, 0.15) is 32.3 Å². The number of aliphatic hydroxyl groups excluding tert-OH is 1. The summed E-state index contributed by atoms with van der Waals surface area (Å²) in [6, 6.07) is 4.41. The second-order valence-corrected chi connectivity index (χ2v) is 7.93. The third kappa shape index (κ3) is 2.31. The van der Waals surface area contributed by atoms with E-state index in [-0.39, 0.29) is 11.8 Å². The average Bonchev–Trinajstić information content (AvgIpc) is 3.21. The van der Waals surface area contributed by atoms with Crippen LogP contribution in [0.25, 0.3) is 0 Å². The van der Waals surface area contributed by atoms with Crippen LogP contribution in [0, 0.1) is 11.8 Å². The summed E-state index contributed by atoms with van der Waals surface area (Å²) in [5.41, 5.74) is -0.397. The van der Waals surface area contributed by atoms with Crippen LogP contribution in [0.3, 0.4) is 0 Å². The Bertz CT molecular complexity index is 842. The van der Waals surface area contributed by atoms with Gasteiger partial charge in [0.1, 0.15) is 5.54 Å². The first-order valence-corrected chi connectivity index (χ1v) is 9.63. The predicted octanol–water partition coefficient (Wildman–Crippen LogP) is 1.24. The van der Waals surface area contributed by atoms with Crippen molar-refractivity contribution in [2.75, 3.05) is 11.9 Å². The largest absolute Gasteiger partial charge is 0.392 e. The maximum absolute atomic E-state index is 13.2. The zero-order chi connectivity index (χ0) is 19.5. The van der Waals surface area contributed by atoms with Crippen molar-refractivity contribution < 1.29 is 19.5 Å². The van der Waals surface area contributed by atoms with E-state index in [0.29, 0.717) is 29.2 Å². The third-order valence-corrected chi connectivity index (χ3v) is 6.30. The number of benzene rings is 1. The summed E-state index contributed by atoms with van der Waals surface area (Å²) in [6.45, 7) is 3.87. The van der Waals surface area contributed by atoms with Crippen LogP contribution in [0.2, 0.25) is 5.02 Å². The summed E-state index contributed by atoms with van der Waals surface area (Å²) in [4.78, 5) is 40.6. The van der Waals surface area contributed by atoms with E-state index in [4.69, 9.17) is 11.6 Å². The number of aliphatic hydroxyl groups is 1. The number of unbranched alkanes of at least 4 members (excludes halogenated alkanes) is 1. The number of rotatable bonds is 4. The van der Waals surface area contributed by atoms with Gasteiger partial charge >= 0.3 is 0 Å². The van der Waals surface area contributed by atoms with E-state index in [1.54, 1.807) is 25.1 Å². The topological polar surface area (TPSA) is 98.7 Å². The lowest BCUT2D eigenvalue weighted by Gasteiger charge is -2.30. The molecule has 0 aliphatic carbocycles. The van der Waals surface area contributed by atoms with E-state index in [9.17, 15) is 19.5 Å². The standard InChI is InChI=1S/C19H22ClN3O4/c1-3-4-8-23-16(25)12-13(17(23)26)19(22-14(12)9(2)24)10-6-5-7-11(20)15(10)21-18(19)27/h5-7,9,12-14,22,24H,3-4,8H2,1-2H3,(H,21,27)/t9-,12-,13-,14+,19-/m0/s1. The van der Waals surface area contributed by atoms with Gasteiger partial charge in [-0.15, -0.1) is 0 Å². The molecule has 27 heavy (non-hydrogen) atoms. The fraction of sp³-hybridized carbons (Fsp3) is 0.526. The monoisotopic (exact) mass is 391 g/mol. The number of imide groups is 1. The van der Waals surface area contributed by atoms with E-state index in [1.807, 2.05) is 6.92 Å². The van der Waals surface area contributed by atoms with Gasteiger partial charge < -0.3 is 10.4 Å². The molecule has 0 bridgehead atoms. The molecule has 3 aliphatic heterocycles. The number of hydrogen-bond acceptors (Lipinski definition) is 5. The summed E-state index contributed by atoms with van der Waals surface area (Å²) in [7, 11) is 0. The molecule has 5 atom stereocenters. The SMILES string of the molecule is CCCCN1C(=O)[C@@H]2[C@@H]([C@H](C)O)N[C@]3(C(=O)Nc4c(Cl)cccc43)[C@@H]2C1=O. The minimum atomic E-state index is -1.40. The predicted molar refractivity (Wildman–Crippen MR) is 99.0 cm³/mol. The van der Waals surface area contributed by atoms with Crippen molar-refractivity contribution in [3.8, 4) is 0 Å². The number of nitrogens with zero attached hydrogens (tertiary/aromatic N) is 1. The van der Waals surface area contributed by atoms with Gasteiger partial charge in [0.2, 0.25) is 17.7 Å². The Balaban J connectivity index is 1.87. The minimum Gasteiger partial charge on any atom is -0.392 e. The Kier molecular flexibility index (Phi) is 4.29. The molecule has 2 saturated heterocycles. The normalized spacial score (nSPS) is 32.8. The van der Waals surface area contributed by atoms with E-state index in [2.05, 4.69) is 10.6 Å². The Morgan fingerprint density at radius 1 is 1.30 bits per heavy atom. The molecule has 3 N–H and O–H groups in total. The van der Waals surface area contributed by atoms with Crippen molar-refractivity contribution in [1.29, 1.82) is 0 Å². The number of anilines is 1. The number of halogens is 1. The summed E-state index contributed by atoms with van der Waals surface area (Å²) in [6.07, 6.45) is 0.635. The van der Waals surface area contributed by atoms with Gasteiger partial charge in [-0.25, -0.2) is 0 Å². The van der Waals surface area contributed by atoms with Gasteiger partial charge in [0.05, 0.1) is 28.6 Å². The fourth-order valence-electron chi connectivity index (χ4n) is 4.73. The van der Waals surface area contributed by atoms with Crippen molar-refractivity contribution in [1.82, 2.24) is 10.2 Å². The lowest BCUT2D eigenvalue weighted by atomic mass is 9.76. The molecule has 7 nitrogen and oxygen atoms in total. The number of hydrogen-bond donors (Lipinski definition) is 3. The van der Waals surface area contributed by atoms with E-state index in [1.165, 1.54) is 4.90 Å². The van der Waals surface area contributed by atoms with E-state index in [0.717, 1.165) is 6.42 Å². The van der Waals surface area contributed by atoms with Gasteiger partial charge in [0, 0.05) is 18.2 Å². The van der Waals surface area contributed by atoms with Crippen LogP contribution in [0.15, 0.2) is 18.2 Å². The molecule has 0 aromatic heterocycles. The second-order valence-electron chi connectivity index (χ2n) is 7.52. The number of para-hydroxylation sites is 1. The molecule has 4 rings (SSSR count). The quantitative estimate of drug-likeness (QED) is 0.671. The number of fused-ring (bicyclic) bond motifs is 4. The number of likely N-dealkylation sites (tertiary alicyclic amines) is 1. The van der Waals surface area contributed by atoms with Gasteiger partial charge in [-0.2, -0.15) is 0 Å². The Morgan fingerprint density at radius 2 is 2.04 bits per heavy atom. The second kappa shape index (κ2) is 6.29. The molecule has 0 radical (unpaired) electrons. The number of amides is 3. The highest BCUT2D eigenvalue weighted by Crippen LogP contribution is 2.54. The van der Waals surface area contributed by atoms with Crippen LogP contribution in [-0.2, 0) is 19.9 Å². The zero-order valence-electron chi connectivity index (χ0n) is 15.2. The molecule has 3 amide bonds. The molecule has 3 aliphatic rings. The van der Waals surface area contributed by atoms with Crippen LogP contribution in [0.4, 0.5) is 5.69 Å². The highest BCUT2D eigenvalue weighted by atomic mass is 35.5. The molecule has 2 fully saturated rings. The molecule has 1 aromatic carbocycles. The Hall–Kier alpha value is -1.96. The maximum atomic E-state index is 13.2. The van der Waals surface area contributed by atoms with Crippen molar-refractivity contribution >= 4 is 35.0 Å². The van der Waals surface area contributed by atoms with E-state index >= 15 is 0 Å². The molecule has 1 spiro atoms. The smallest absolute Gasteiger partial charge is 0.250 e. The maximum Gasteiger partial charge on any atom is 0.250 e. The number of carbonyl (C=O) groups excluding carboxylic acids is 3. The van der Waals surface area contributed by atoms with Crippen LogP contribution in [-0.4, -0.2) is 46.4 Å². The summed E-state index contributed by atoms with van der Waals surface area (Å²) in [5, 5.41) is 16.6. The van der Waals surface area contributed by atoms with Crippen LogP contribution in [0.5, 0.6) is 0 Å². The van der Waals surface area contributed by atoms with Crippen molar-refractivity contribution in [2.45, 2.75) is 44.4 Å².